The molecule has 0 amide bonds. The summed E-state index contributed by atoms with van der Waals surface area (Å²) in [7, 11) is 0. The molecule has 0 saturated heterocycles. The molecule has 2 N–H and O–H groups in total. The van der Waals surface area contributed by atoms with Crippen molar-refractivity contribution < 1.29 is 4.92 Å². The van der Waals surface area contributed by atoms with Crippen LogP contribution in [0.15, 0.2) is 40.4 Å². The van der Waals surface area contributed by atoms with Crippen LogP contribution >= 0.6 is 11.6 Å². The van der Waals surface area contributed by atoms with Gasteiger partial charge >= 0.3 is 0 Å². The van der Waals surface area contributed by atoms with Gasteiger partial charge in [0.1, 0.15) is 10.7 Å². The third-order valence-corrected chi connectivity index (χ3v) is 3.01. The molecular weight excluding hydrogens is 298 g/mol. The number of hydrazone groups is 1. The zero-order chi connectivity index (χ0) is 15.4. The second-order valence-corrected chi connectivity index (χ2v) is 4.39. The number of hydrogen-bond acceptors (Lipinski definition) is 6. The van der Waals surface area contributed by atoms with Gasteiger partial charge in [-0.3, -0.25) is 20.3 Å². The van der Waals surface area contributed by atoms with Crippen molar-refractivity contribution in [3.8, 4) is 0 Å². The summed E-state index contributed by atoms with van der Waals surface area (Å²) in [5, 5.41) is 20.6. The number of halogens is 1. The molecule has 0 bridgehead atoms. The predicted molar refractivity (Wildman–Crippen MR) is 78.8 cm³/mol. The minimum atomic E-state index is -0.555. The Morgan fingerprint density at radius 1 is 1.48 bits per heavy atom. The highest BCUT2D eigenvalue weighted by Crippen LogP contribution is 2.19. The topological polar surface area (TPSA) is 113 Å². The Kier molecular flexibility index (Phi) is 4.29. The van der Waals surface area contributed by atoms with Crippen molar-refractivity contribution in [2.45, 2.75) is 6.92 Å². The molecule has 0 saturated carbocycles. The number of anilines is 1. The predicted octanol–water partition coefficient (Wildman–Crippen LogP) is 2.17. The van der Waals surface area contributed by atoms with E-state index >= 15 is 0 Å². The van der Waals surface area contributed by atoms with Crippen molar-refractivity contribution in [2.24, 2.45) is 5.10 Å². The minimum Gasteiger partial charge on any atom is -0.275 e. The average Bonchev–Trinajstić information content (AvgIpc) is 2.48. The van der Waals surface area contributed by atoms with Crippen LogP contribution in [0.2, 0.25) is 5.02 Å². The number of aromatic nitrogens is 2. The first-order chi connectivity index (χ1) is 10.0. The molecule has 1 aromatic carbocycles. The molecule has 2 rings (SSSR count). The number of nitro groups is 1. The second kappa shape index (κ2) is 6.14. The fourth-order valence-corrected chi connectivity index (χ4v) is 1.74. The van der Waals surface area contributed by atoms with E-state index in [9.17, 15) is 14.9 Å². The van der Waals surface area contributed by atoms with Crippen molar-refractivity contribution in [1.82, 2.24) is 10.2 Å². The van der Waals surface area contributed by atoms with E-state index in [1.807, 2.05) is 0 Å². The van der Waals surface area contributed by atoms with Gasteiger partial charge in [-0.25, -0.2) is 5.10 Å². The molecule has 2 aromatic rings. The van der Waals surface area contributed by atoms with Crippen LogP contribution in [-0.4, -0.2) is 20.8 Å². The first-order valence-electron chi connectivity index (χ1n) is 5.78. The number of nitrogens with zero attached hydrogens (tertiary/aromatic N) is 3. The van der Waals surface area contributed by atoms with Crippen LogP contribution in [0.4, 0.5) is 11.4 Å². The highest BCUT2D eigenvalue weighted by Gasteiger charge is 2.14. The van der Waals surface area contributed by atoms with Crippen molar-refractivity contribution in [1.29, 1.82) is 0 Å². The van der Waals surface area contributed by atoms with Crippen LogP contribution in [0.1, 0.15) is 12.5 Å². The summed E-state index contributed by atoms with van der Waals surface area (Å²) >= 11 is 5.78. The number of aromatic amines is 1. The van der Waals surface area contributed by atoms with Crippen LogP contribution in [0, 0.1) is 10.1 Å². The van der Waals surface area contributed by atoms with Crippen LogP contribution < -0.4 is 11.0 Å². The third-order valence-electron chi connectivity index (χ3n) is 2.63. The summed E-state index contributed by atoms with van der Waals surface area (Å²) < 4.78 is 0. The molecule has 108 valence electrons. The van der Waals surface area contributed by atoms with Crippen molar-refractivity contribution in [3.63, 3.8) is 0 Å². The molecule has 9 heteroatoms. The van der Waals surface area contributed by atoms with E-state index in [0.717, 1.165) is 0 Å². The third kappa shape index (κ3) is 3.23. The fraction of sp³-hybridized carbons (Fsp3) is 0.0833. The van der Waals surface area contributed by atoms with E-state index in [-0.39, 0.29) is 16.4 Å². The normalized spacial score (nSPS) is 11.2. The van der Waals surface area contributed by atoms with Crippen LogP contribution in [0.5, 0.6) is 0 Å². The van der Waals surface area contributed by atoms with Crippen LogP contribution in [0.3, 0.4) is 0 Å². The molecule has 0 aliphatic heterocycles. The number of nitrogens with one attached hydrogen (secondary N) is 2. The molecule has 0 fully saturated rings. The van der Waals surface area contributed by atoms with Crippen LogP contribution in [0.25, 0.3) is 0 Å². The fourth-order valence-electron chi connectivity index (χ4n) is 1.60. The Bertz CT molecular complexity index is 771. The maximum Gasteiger partial charge on any atom is 0.285 e. The van der Waals surface area contributed by atoms with Crippen LogP contribution in [-0.2, 0) is 0 Å². The van der Waals surface area contributed by atoms with Gasteiger partial charge in [-0.2, -0.15) is 10.2 Å². The summed E-state index contributed by atoms with van der Waals surface area (Å²) in [5.74, 6) is 0. The lowest BCUT2D eigenvalue weighted by atomic mass is 10.1. The van der Waals surface area contributed by atoms with Gasteiger partial charge in [0.25, 0.3) is 11.2 Å². The molecule has 0 spiro atoms. The SMILES string of the molecule is C/C(=N/Nc1cn[nH]c(=O)c1Cl)c1ccccc1[N+](=O)[O-]. The van der Waals surface area contributed by atoms with Gasteiger partial charge in [0.05, 0.1) is 22.4 Å². The molecule has 0 aliphatic carbocycles. The molecule has 8 nitrogen and oxygen atoms in total. The molecule has 21 heavy (non-hydrogen) atoms. The summed E-state index contributed by atoms with van der Waals surface area (Å²) in [5.41, 5.74) is 2.90. The van der Waals surface area contributed by atoms with Gasteiger partial charge in [-0.15, -0.1) is 0 Å². The number of nitro benzene ring substituents is 1. The standard InChI is InChI=1S/C12H10ClN5O3/c1-7(8-4-2-3-5-10(8)18(20)21)15-16-9-6-14-17-12(19)11(9)13/h2-6H,1H3,(H2,16,17,19)/b15-7-. The molecular formula is C12H10ClN5O3. The number of benzene rings is 1. The van der Waals surface area contributed by atoms with E-state index in [2.05, 4.69) is 20.7 Å². The average molecular weight is 308 g/mol. The molecule has 1 heterocycles. The minimum absolute atomic E-state index is 0.0596. The number of rotatable bonds is 4. The maximum absolute atomic E-state index is 11.3. The van der Waals surface area contributed by atoms with E-state index in [4.69, 9.17) is 11.6 Å². The summed E-state index contributed by atoms with van der Waals surface area (Å²) in [4.78, 5) is 21.7. The molecule has 0 atom stereocenters. The number of para-hydroxylation sites is 1. The molecule has 0 radical (unpaired) electrons. The highest BCUT2D eigenvalue weighted by atomic mass is 35.5. The smallest absolute Gasteiger partial charge is 0.275 e. The Morgan fingerprint density at radius 3 is 2.90 bits per heavy atom. The van der Waals surface area contributed by atoms with Gasteiger partial charge in [0.2, 0.25) is 0 Å². The first-order valence-corrected chi connectivity index (χ1v) is 6.15. The molecule has 0 aliphatic rings. The van der Waals surface area contributed by atoms with Gasteiger partial charge in [0, 0.05) is 6.07 Å². The summed E-state index contributed by atoms with van der Waals surface area (Å²) in [6.07, 6.45) is 1.29. The largest absolute Gasteiger partial charge is 0.285 e. The summed E-state index contributed by atoms with van der Waals surface area (Å²) in [6.45, 7) is 1.60. The monoisotopic (exact) mass is 307 g/mol. The van der Waals surface area contributed by atoms with E-state index in [1.54, 1.807) is 25.1 Å². The molecule has 1 aromatic heterocycles. The van der Waals surface area contributed by atoms with E-state index in [0.29, 0.717) is 11.3 Å². The number of hydrogen-bond donors (Lipinski definition) is 2. The Hall–Kier alpha value is -2.74. The Labute approximate surface area is 123 Å². The van der Waals surface area contributed by atoms with E-state index in [1.165, 1.54) is 12.3 Å². The van der Waals surface area contributed by atoms with Crippen molar-refractivity contribution in [3.05, 3.63) is 61.5 Å². The van der Waals surface area contributed by atoms with Gasteiger partial charge in [-0.1, -0.05) is 23.7 Å². The second-order valence-electron chi connectivity index (χ2n) is 4.01. The maximum atomic E-state index is 11.3. The number of H-pyrrole nitrogens is 1. The summed E-state index contributed by atoms with van der Waals surface area (Å²) in [6, 6.07) is 6.20. The van der Waals surface area contributed by atoms with Gasteiger partial charge in [-0.05, 0) is 13.0 Å². The lowest BCUT2D eigenvalue weighted by Gasteiger charge is -2.04. The lowest BCUT2D eigenvalue weighted by molar-refractivity contribution is -0.385. The highest BCUT2D eigenvalue weighted by molar-refractivity contribution is 6.32. The lowest BCUT2D eigenvalue weighted by Crippen LogP contribution is -2.11. The first kappa shape index (κ1) is 14.7. The molecule has 0 unspecified atom stereocenters. The van der Waals surface area contributed by atoms with E-state index < -0.39 is 10.5 Å². The van der Waals surface area contributed by atoms with Gasteiger partial charge in [0.15, 0.2) is 0 Å². The zero-order valence-electron chi connectivity index (χ0n) is 10.8. The van der Waals surface area contributed by atoms with Crippen molar-refractivity contribution in [2.75, 3.05) is 5.43 Å². The Morgan fingerprint density at radius 2 is 2.19 bits per heavy atom. The zero-order valence-corrected chi connectivity index (χ0v) is 11.6. The quantitative estimate of drug-likeness (QED) is 0.510. The Balaban J connectivity index is 2.32. The van der Waals surface area contributed by atoms with Crippen molar-refractivity contribution >= 4 is 28.7 Å². The van der Waals surface area contributed by atoms with Gasteiger partial charge < -0.3 is 0 Å².